The van der Waals surface area contributed by atoms with Crippen LogP contribution in [0.4, 0.5) is 15.2 Å². The molecule has 1 saturated heterocycles. The highest BCUT2D eigenvalue weighted by atomic mass is 35.5. The largest absolute Gasteiger partial charge is 0.495 e. The van der Waals surface area contributed by atoms with E-state index in [1.165, 1.54) is 13.3 Å². The van der Waals surface area contributed by atoms with Crippen molar-refractivity contribution in [3.63, 3.8) is 0 Å². The van der Waals surface area contributed by atoms with E-state index in [1.54, 1.807) is 23.5 Å². The van der Waals surface area contributed by atoms with E-state index < -0.39 is 16.8 Å². The molecule has 0 aliphatic carbocycles. The van der Waals surface area contributed by atoms with Crippen LogP contribution in [0.3, 0.4) is 0 Å². The van der Waals surface area contributed by atoms with Crippen LogP contribution in [0.15, 0.2) is 35.5 Å². The average molecular weight is 525 g/mol. The Bertz CT molecular complexity index is 1170. The molecular weight excluding hydrogens is 499 g/mol. The normalized spacial score (nSPS) is 16.1. The van der Waals surface area contributed by atoms with Crippen LogP contribution in [-0.2, 0) is 15.7 Å². The number of hydrogen-bond acceptors (Lipinski definition) is 7. The average Bonchev–Trinajstić information content (AvgIpc) is 3.21. The minimum Gasteiger partial charge on any atom is -0.495 e. The van der Waals surface area contributed by atoms with Gasteiger partial charge in [-0.2, -0.15) is 0 Å². The Hall–Kier alpha value is -2.27. The maximum atomic E-state index is 14.2. The van der Waals surface area contributed by atoms with Crippen molar-refractivity contribution < 1.29 is 18.1 Å². The molecule has 3 aromatic rings. The molecule has 3 heterocycles. The lowest BCUT2D eigenvalue weighted by Crippen LogP contribution is -2.30. The molecule has 2 N–H and O–H groups in total. The monoisotopic (exact) mass is 524 g/mol. The first-order chi connectivity index (χ1) is 16.4. The Kier molecular flexibility index (Phi) is 8.02. The van der Waals surface area contributed by atoms with Crippen molar-refractivity contribution in [2.75, 3.05) is 30.4 Å². The predicted molar refractivity (Wildman–Crippen MR) is 135 cm³/mol. The van der Waals surface area contributed by atoms with Gasteiger partial charge in [0.25, 0.3) is 0 Å². The van der Waals surface area contributed by atoms with E-state index in [0.29, 0.717) is 16.6 Å². The first-order valence-corrected chi connectivity index (χ1v) is 13.2. The molecule has 0 radical (unpaired) electrons. The van der Waals surface area contributed by atoms with Gasteiger partial charge in [0.1, 0.15) is 16.3 Å². The maximum absolute atomic E-state index is 14.2. The Balaban J connectivity index is 1.58. The molecule has 1 fully saturated rings. The molecule has 182 valence electrons. The van der Waals surface area contributed by atoms with E-state index in [9.17, 15) is 8.60 Å². The number of aryl methyl sites for hydroxylation is 1. The quantitative estimate of drug-likeness (QED) is 0.394. The van der Waals surface area contributed by atoms with Crippen LogP contribution in [0.5, 0.6) is 5.75 Å². The van der Waals surface area contributed by atoms with Crippen LogP contribution in [-0.4, -0.2) is 40.5 Å². The summed E-state index contributed by atoms with van der Waals surface area (Å²) in [7, 11) is -0.340. The topological polar surface area (TPSA) is 85.4 Å². The summed E-state index contributed by atoms with van der Waals surface area (Å²) in [6.07, 6.45) is 4.37. The Morgan fingerprint density at radius 1 is 1.32 bits per heavy atom. The van der Waals surface area contributed by atoms with Crippen molar-refractivity contribution in [1.29, 1.82) is 0 Å². The molecule has 1 aromatic carbocycles. The van der Waals surface area contributed by atoms with Crippen LogP contribution < -0.4 is 14.8 Å². The molecule has 0 spiro atoms. The van der Waals surface area contributed by atoms with Crippen LogP contribution >= 0.6 is 22.9 Å². The summed E-state index contributed by atoms with van der Waals surface area (Å²) >= 11 is 7.58. The molecule has 0 bridgehead atoms. The first-order valence-electron chi connectivity index (χ1n) is 10.8. The van der Waals surface area contributed by atoms with Gasteiger partial charge < -0.3 is 14.8 Å². The SMILES string of the molecule is COc1ccc(-c2sc(NC(C)C3CCOCC3)nc2C)cc1S(=O)Nc1c(F)cncc1Cl. The zero-order valence-corrected chi connectivity index (χ0v) is 21.5. The van der Waals surface area contributed by atoms with Gasteiger partial charge in [0.15, 0.2) is 21.9 Å². The highest BCUT2D eigenvalue weighted by Crippen LogP contribution is 2.37. The minimum atomic E-state index is -1.83. The Morgan fingerprint density at radius 2 is 2.09 bits per heavy atom. The smallest absolute Gasteiger partial charge is 0.183 e. The molecule has 1 aliphatic heterocycles. The summed E-state index contributed by atoms with van der Waals surface area (Å²) < 4.78 is 40.8. The van der Waals surface area contributed by atoms with E-state index >= 15 is 0 Å². The standard InChI is InChI=1S/C23H26ClFN4O3S2/c1-13(15-6-8-32-9-7-15)27-23-28-14(2)22(33-23)16-4-5-19(31-3)20(10-16)34(30)29-21-17(24)11-26-12-18(21)25/h4-5,10-13,15H,6-9H2,1-3H3,(H,26,29)(H,27,28). The molecule has 1 aliphatic rings. The van der Waals surface area contributed by atoms with Crippen molar-refractivity contribution in [2.45, 2.75) is 37.6 Å². The van der Waals surface area contributed by atoms with Crippen molar-refractivity contribution in [3.05, 3.63) is 47.1 Å². The van der Waals surface area contributed by atoms with E-state index in [-0.39, 0.29) is 16.8 Å². The fourth-order valence-electron chi connectivity index (χ4n) is 3.87. The molecule has 4 rings (SSSR count). The first kappa shape index (κ1) is 24.8. The number of ether oxygens (including phenoxy) is 2. The number of hydrogen-bond donors (Lipinski definition) is 2. The number of rotatable bonds is 8. The van der Waals surface area contributed by atoms with E-state index in [4.69, 9.17) is 26.1 Å². The van der Waals surface area contributed by atoms with Gasteiger partial charge in [0, 0.05) is 25.5 Å². The fourth-order valence-corrected chi connectivity index (χ4v) is 6.25. The molecule has 0 saturated carbocycles. The lowest BCUT2D eigenvalue weighted by atomic mass is 9.93. The van der Waals surface area contributed by atoms with Gasteiger partial charge >= 0.3 is 0 Å². The molecule has 34 heavy (non-hydrogen) atoms. The fraction of sp³-hybridized carbons (Fsp3) is 0.391. The zero-order valence-electron chi connectivity index (χ0n) is 19.1. The number of methoxy groups -OCH3 is 1. The third-order valence-corrected chi connectivity index (χ3v) is 8.33. The van der Waals surface area contributed by atoms with Crippen molar-refractivity contribution in [2.24, 2.45) is 5.92 Å². The molecule has 11 heteroatoms. The van der Waals surface area contributed by atoms with Gasteiger partial charge in [-0.3, -0.25) is 9.71 Å². The summed E-state index contributed by atoms with van der Waals surface area (Å²) in [5.41, 5.74) is 1.63. The number of thiazole rings is 1. The van der Waals surface area contributed by atoms with Gasteiger partial charge in [-0.15, -0.1) is 0 Å². The van der Waals surface area contributed by atoms with Crippen molar-refractivity contribution in [3.8, 4) is 16.2 Å². The number of anilines is 2. The van der Waals surface area contributed by atoms with E-state index in [1.807, 2.05) is 13.0 Å². The van der Waals surface area contributed by atoms with Crippen molar-refractivity contribution >= 4 is 44.7 Å². The predicted octanol–water partition coefficient (Wildman–Crippen LogP) is 5.68. The number of nitrogens with one attached hydrogen (secondary N) is 2. The number of benzene rings is 1. The molecule has 0 amide bonds. The Labute approximate surface area is 209 Å². The number of pyridine rings is 1. The van der Waals surface area contributed by atoms with Gasteiger partial charge in [-0.1, -0.05) is 22.9 Å². The second-order valence-electron chi connectivity index (χ2n) is 8.03. The number of aromatic nitrogens is 2. The van der Waals surface area contributed by atoms with Gasteiger partial charge in [0.2, 0.25) is 0 Å². The third kappa shape index (κ3) is 5.51. The van der Waals surface area contributed by atoms with Crippen LogP contribution in [0.25, 0.3) is 10.4 Å². The van der Waals surface area contributed by atoms with Crippen LogP contribution in [0.2, 0.25) is 5.02 Å². The Morgan fingerprint density at radius 3 is 2.79 bits per heavy atom. The highest BCUT2D eigenvalue weighted by molar-refractivity contribution is 7.86. The summed E-state index contributed by atoms with van der Waals surface area (Å²) in [6.45, 7) is 5.72. The molecule has 7 nitrogen and oxygen atoms in total. The zero-order chi connectivity index (χ0) is 24.2. The maximum Gasteiger partial charge on any atom is 0.183 e. The molecular formula is C23H26ClFN4O3S2. The molecule has 2 aromatic heterocycles. The second kappa shape index (κ2) is 11.0. The van der Waals surface area contributed by atoms with Gasteiger partial charge in [-0.25, -0.2) is 13.6 Å². The summed E-state index contributed by atoms with van der Waals surface area (Å²) in [5.74, 6) is 0.264. The van der Waals surface area contributed by atoms with Crippen LogP contribution in [0.1, 0.15) is 25.5 Å². The lowest BCUT2D eigenvalue weighted by molar-refractivity contribution is 0.0622. The minimum absolute atomic E-state index is 0.0381. The summed E-state index contributed by atoms with van der Waals surface area (Å²) in [5, 5.41) is 4.42. The van der Waals surface area contributed by atoms with Crippen molar-refractivity contribution in [1.82, 2.24) is 9.97 Å². The van der Waals surface area contributed by atoms with E-state index in [0.717, 1.165) is 53.5 Å². The third-order valence-electron chi connectivity index (χ3n) is 5.79. The van der Waals surface area contributed by atoms with E-state index in [2.05, 4.69) is 21.9 Å². The molecule has 2 unspecified atom stereocenters. The lowest BCUT2D eigenvalue weighted by Gasteiger charge is -2.28. The van der Waals surface area contributed by atoms with Gasteiger partial charge in [-0.05, 0) is 56.4 Å². The number of nitrogens with zero attached hydrogens (tertiary/aromatic N) is 2. The summed E-state index contributed by atoms with van der Waals surface area (Å²) in [4.78, 5) is 9.72. The number of halogens is 2. The summed E-state index contributed by atoms with van der Waals surface area (Å²) in [6, 6.07) is 5.68. The highest BCUT2D eigenvalue weighted by Gasteiger charge is 2.22. The van der Waals surface area contributed by atoms with Crippen LogP contribution in [0, 0.1) is 18.7 Å². The second-order valence-corrected chi connectivity index (χ2v) is 10.6. The molecule has 2 atom stereocenters. The van der Waals surface area contributed by atoms with Gasteiger partial charge in [0.05, 0.1) is 28.9 Å².